The topological polar surface area (TPSA) is 46.0 Å². The molecule has 1 N–H and O–H groups in total. The molecule has 2 aromatic heterocycles. The van der Waals surface area contributed by atoms with E-state index >= 15 is 0 Å². The second-order valence-corrected chi connectivity index (χ2v) is 8.31. The lowest BCUT2D eigenvalue weighted by molar-refractivity contribution is -0.0221. The summed E-state index contributed by atoms with van der Waals surface area (Å²) in [7, 11) is 1.86. The van der Waals surface area contributed by atoms with Crippen molar-refractivity contribution in [3.05, 3.63) is 84.1 Å². The maximum absolute atomic E-state index is 13.8. The molecule has 0 radical (unpaired) electrons. The van der Waals surface area contributed by atoms with Crippen molar-refractivity contribution in [2.45, 2.75) is 24.8 Å². The molecular weight excluding hydrogens is 408 g/mol. The van der Waals surface area contributed by atoms with Crippen LogP contribution < -0.4 is 10.2 Å². The molecular formula is C25H25F2N5. The van der Waals surface area contributed by atoms with Gasteiger partial charge in [-0.05, 0) is 17.2 Å². The van der Waals surface area contributed by atoms with Crippen molar-refractivity contribution < 1.29 is 8.78 Å². The molecule has 0 unspecified atom stereocenters. The fraction of sp³-hybridized carbons (Fsp3) is 0.280. The lowest BCUT2D eigenvalue weighted by Gasteiger charge is -2.33. The zero-order valence-electron chi connectivity index (χ0n) is 17.9. The number of nitrogens with zero attached hydrogens (tertiary/aromatic N) is 4. The molecule has 0 amide bonds. The number of aryl methyl sites for hydroxylation is 1. The van der Waals surface area contributed by atoms with Gasteiger partial charge >= 0.3 is 0 Å². The molecule has 0 spiro atoms. The highest BCUT2D eigenvalue weighted by Gasteiger charge is 2.35. The molecule has 2 aromatic carbocycles. The number of hydrogen-bond donors (Lipinski definition) is 1. The summed E-state index contributed by atoms with van der Waals surface area (Å²) in [4.78, 5) is 6.80. The third-order valence-corrected chi connectivity index (χ3v) is 5.94. The highest BCUT2D eigenvalue weighted by Crippen LogP contribution is 2.34. The predicted octanol–water partition coefficient (Wildman–Crippen LogP) is 5.41. The third kappa shape index (κ3) is 4.15. The molecule has 0 atom stereocenters. The largest absolute Gasteiger partial charge is 0.359 e. The van der Waals surface area contributed by atoms with Gasteiger partial charge in [0, 0.05) is 44.6 Å². The molecule has 3 heterocycles. The molecule has 4 aromatic rings. The van der Waals surface area contributed by atoms with E-state index in [1.807, 2.05) is 60.6 Å². The first-order chi connectivity index (χ1) is 15.5. The van der Waals surface area contributed by atoms with Crippen LogP contribution in [0.4, 0.5) is 20.4 Å². The molecule has 32 heavy (non-hydrogen) atoms. The normalized spacial score (nSPS) is 15.9. The van der Waals surface area contributed by atoms with Gasteiger partial charge < -0.3 is 10.2 Å². The van der Waals surface area contributed by atoms with Crippen LogP contribution in [0.1, 0.15) is 30.0 Å². The number of anilines is 2. The highest BCUT2D eigenvalue weighted by molar-refractivity contribution is 5.90. The van der Waals surface area contributed by atoms with Gasteiger partial charge in [-0.2, -0.15) is 5.10 Å². The number of rotatable bonds is 5. The summed E-state index contributed by atoms with van der Waals surface area (Å²) in [6.45, 7) is 0.520. The van der Waals surface area contributed by atoms with Gasteiger partial charge in [0.05, 0.1) is 6.04 Å². The summed E-state index contributed by atoms with van der Waals surface area (Å²) in [6, 6.07) is 22.3. The van der Waals surface area contributed by atoms with Crippen LogP contribution in [-0.2, 0) is 7.05 Å². The lowest BCUT2D eigenvalue weighted by atomic mass is 9.99. The quantitative estimate of drug-likeness (QED) is 0.457. The van der Waals surface area contributed by atoms with Crippen molar-refractivity contribution in [2.24, 2.45) is 7.05 Å². The fourth-order valence-corrected chi connectivity index (χ4v) is 4.27. The van der Waals surface area contributed by atoms with E-state index in [4.69, 9.17) is 4.98 Å². The van der Waals surface area contributed by atoms with E-state index in [1.54, 1.807) is 4.68 Å². The van der Waals surface area contributed by atoms with Gasteiger partial charge in [-0.15, -0.1) is 0 Å². The molecule has 0 aliphatic carbocycles. The van der Waals surface area contributed by atoms with E-state index in [1.165, 1.54) is 0 Å². The monoisotopic (exact) mass is 433 g/mol. The van der Waals surface area contributed by atoms with Crippen molar-refractivity contribution in [1.82, 2.24) is 14.8 Å². The lowest BCUT2D eigenvalue weighted by Crippen LogP contribution is -2.40. The highest BCUT2D eigenvalue weighted by atomic mass is 19.3. The Kier molecular flexibility index (Phi) is 5.25. The van der Waals surface area contributed by atoms with Crippen molar-refractivity contribution >= 4 is 22.5 Å². The number of piperidine rings is 1. The van der Waals surface area contributed by atoms with Crippen LogP contribution in [0.2, 0.25) is 0 Å². The molecule has 1 fully saturated rings. The van der Waals surface area contributed by atoms with E-state index in [0.717, 1.165) is 22.0 Å². The average molecular weight is 434 g/mol. The summed E-state index contributed by atoms with van der Waals surface area (Å²) in [5.74, 6) is -1.27. The predicted molar refractivity (Wildman–Crippen MR) is 123 cm³/mol. The van der Waals surface area contributed by atoms with Gasteiger partial charge in [-0.25, -0.2) is 13.8 Å². The van der Waals surface area contributed by atoms with Crippen LogP contribution in [0.5, 0.6) is 0 Å². The Morgan fingerprint density at radius 3 is 2.12 bits per heavy atom. The van der Waals surface area contributed by atoms with Gasteiger partial charge in [-0.1, -0.05) is 60.7 Å². The molecule has 1 saturated heterocycles. The zero-order chi connectivity index (χ0) is 22.1. The Bertz CT molecular complexity index is 1160. The summed E-state index contributed by atoms with van der Waals surface area (Å²) >= 11 is 0. The number of nitrogens with one attached hydrogen (secondary N) is 1. The van der Waals surface area contributed by atoms with Crippen LogP contribution in [0.3, 0.4) is 0 Å². The van der Waals surface area contributed by atoms with Crippen LogP contribution in [0, 0.1) is 0 Å². The summed E-state index contributed by atoms with van der Waals surface area (Å²) < 4.78 is 29.3. The van der Waals surface area contributed by atoms with Crippen LogP contribution in [-0.4, -0.2) is 33.8 Å². The molecule has 1 aliphatic rings. The van der Waals surface area contributed by atoms with E-state index in [9.17, 15) is 8.78 Å². The first-order valence-electron chi connectivity index (χ1n) is 10.8. The number of aromatic nitrogens is 3. The zero-order valence-corrected chi connectivity index (χ0v) is 17.9. The van der Waals surface area contributed by atoms with E-state index in [-0.39, 0.29) is 32.0 Å². The fourth-order valence-electron chi connectivity index (χ4n) is 4.27. The summed E-state index contributed by atoms with van der Waals surface area (Å²) in [5, 5.41) is 9.07. The molecule has 0 saturated carbocycles. The standard InChI is InChI=1S/C25H25F2N5/c1-31-17-20-16-21(29-24(23(20)30-31)32-14-12-25(26,27)13-15-32)28-22(18-8-4-2-5-9-18)19-10-6-3-7-11-19/h2-11,16-17,22,28H,12-15H2,1H3. The minimum atomic E-state index is -2.61. The van der Waals surface area contributed by atoms with Crippen LogP contribution in [0.15, 0.2) is 72.9 Å². The maximum Gasteiger partial charge on any atom is 0.251 e. The van der Waals surface area contributed by atoms with E-state index in [2.05, 4.69) is 34.7 Å². The first-order valence-corrected chi connectivity index (χ1v) is 10.8. The number of fused-ring (bicyclic) bond motifs is 1. The third-order valence-electron chi connectivity index (χ3n) is 5.94. The van der Waals surface area contributed by atoms with Gasteiger partial charge in [-0.3, -0.25) is 4.68 Å². The second kappa shape index (κ2) is 8.22. The Labute approximate surface area is 185 Å². The van der Waals surface area contributed by atoms with Crippen LogP contribution in [0.25, 0.3) is 10.9 Å². The minimum Gasteiger partial charge on any atom is -0.359 e. The van der Waals surface area contributed by atoms with Gasteiger partial charge in [0.2, 0.25) is 0 Å². The van der Waals surface area contributed by atoms with Crippen molar-refractivity contribution in [3.63, 3.8) is 0 Å². The minimum absolute atomic E-state index is 0.0995. The SMILES string of the molecule is Cn1cc2cc(NC(c3ccccc3)c3ccccc3)nc(N3CCC(F)(F)CC3)c2n1. The van der Waals surface area contributed by atoms with Crippen molar-refractivity contribution in [3.8, 4) is 0 Å². The summed E-state index contributed by atoms with van der Waals surface area (Å²) in [6.07, 6.45) is 1.60. The number of hydrogen-bond acceptors (Lipinski definition) is 4. The smallest absolute Gasteiger partial charge is 0.251 e. The van der Waals surface area contributed by atoms with Gasteiger partial charge in [0.1, 0.15) is 11.3 Å². The average Bonchev–Trinajstić information content (AvgIpc) is 3.18. The molecule has 7 heteroatoms. The Hall–Kier alpha value is -3.48. The number of benzene rings is 2. The Morgan fingerprint density at radius 1 is 0.938 bits per heavy atom. The van der Waals surface area contributed by atoms with Gasteiger partial charge in [0.15, 0.2) is 5.82 Å². The van der Waals surface area contributed by atoms with E-state index < -0.39 is 5.92 Å². The summed E-state index contributed by atoms with van der Waals surface area (Å²) in [5.41, 5.74) is 2.97. The maximum atomic E-state index is 13.8. The first kappa shape index (κ1) is 20.4. The van der Waals surface area contributed by atoms with Crippen LogP contribution >= 0.6 is 0 Å². The Morgan fingerprint density at radius 2 is 1.53 bits per heavy atom. The van der Waals surface area contributed by atoms with E-state index in [0.29, 0.717) is 11.6 Å². The number of halogens is 2. The number of pyridine rings is 1. The molecule has 0 bridgehead atoms. The second-order valence-electron chi connectivity index (χ2n) is 8.31. The molecule has 5 nitrogen and oxygen atoms in total. The molecule has 164 valence electrons. The van der Waals surface area contributed by atoms with Gasteiger partial charge in [0.25, 0.3) is 5.92 Å². The van der Waals surface area contributed by atoms with Crippen molar-refractivity contribution in [1.29, 1.82) is 0 Å². The van der Waals surface area contributed by atoms with Crippen molar-refractivity contribution in [2.75, 3.05) is 23.3 Å². The Balaban J connectivity index is 1.54. The molecule has 1 aliphatic heterocycles. The molecule has 5 rings (SSSR count). The number of alkyl halides is 2.